The van der Waals surface area contributed by atoms with Crippen molar-refractivity contribution in [2.75, 3.05) is 5.32 Å². The summed E-state index contributed by atoms with van der Waals surface area (Å²) in [5.74, 6) is 0.900. The second-order valence-corrected chi connectivity index (χ2v) is 8.24. The molecule has 1 heterocycles. The van der Waals surface area contributed by atoms with E-state index in [2.05, 4.69) is 26.1 Å². The number of hydrogen-bond acceptors (Lipinski definition) is 2. The Morgan fingerprint density at radius 2 is 1.71 bits per heavy atom. The van der Waals surface area contributed by atoms with Crippen molar-refractivity contribution in [3.8, 4) is 11.3 Å². The first-order valence-corrected chi connectivity index (χ1v) is 9.63. The molecule has 0 saturated carbocycles. The molecule has 3 aromatic rings. The molecule has 0 radical (unpaired) electrons. The summed E-state index contributed by atoms with van der Waals surface area (Å²) >= 11 is 12.3. The lowest BCUT2D eigenvalue weighted by Gasteiger charge is -2.19. The van der Waals surface area contributed by atoms with Crippen molar-refractivity contribution in [1.82, 2.24) is 0 Å². The van der Waals surface area contributed by atoms with Crippen LogP contribution in [0.2, 0.25) is 10.0 Å². The highest BCUT2D eigenvalue weighted by molar-refractivity contribution is 6.43. The monoisotopic (exact) mass is 413 g/mol. The second kappa shape index (κ2) is 8.26. The van der Waals surface area contributed by atoms with Crippen LogP contribution in [-0.4, -0.2) is 5.91 Å². The number of amides is 1. The van der Waals surface area contributed by atoms with Crippen LogP contribution in [0.4, 0.5) is 5.69 Å². The first-order chi connectivity index (χ1) is 13.2. The van der Waals surface area contributed by atoms with E-state index in [0.29, 0.717) is 27.1 Å². The normalized spacial score (nSPS) is 11.8. The summed E-state index contributed by atoms with van der Waals surface area (Å²) in [7, 11) is 0. The van der Waals surface area contributed by atoms with Crippen molar-refractivity contribution >= 4 is 40.9 Å². The molecule has 0 fully saturated rings. The van der Waals surface area contributed by atoms with Crippen molar-refractivity contribution in [3.63, 3.8) is 0 Å². The van der Waals surface area contributed by atoms with Gasteiger partial charge in [-0.05, 0) is 53.5 Å². The van der Waals surface area contributed by atoms with Crippen LogP contribution in [0, 0.1) is 0 Å². The molecule has 1 aromatic heterocycles. The SMILES string of the molecule is CC(C)(C)c1ccc(NC(=O)C=Cc2ccc(-c3cccc(Cl)c3Cl)o2)cc1. The Bertz CT molecular complexity index is 1010. The summed E-state index contributed by atoms with van der Waals surface area (Å²) in [5, 5.41) is 3.74. The van der Waals surface area contributed by atoms with Crippen molar-refractivity contribution in [1.29, 1.82) is 0 Å². The van der Waals surface area contributed by atoms with E-state index < -0.39 is 0 Å². The highest BCUT2D eigenvalue weighted by Gasteiger charge is 2.13. The van der Waals surface area contributed by atoms with Gasteiger partial charge >= 0.3 is 0 Å². The summed E-state index contributed by atoms with van der Waals surface area (Å²) in [4.78, 5) is 12.2. The fourth-order valence-corrected chi connectivity index (χ4v) is 3.07. The Kier molecular flexibility index (Phi) is 5.97. The van der Waals surface area contributed by atoms with E-state index in [1.54, 1.807) is 30.3 Å². The maximum absolute atomic E-state index is 12.2. The lowest BCUT2D eigenvalue weighted by Crippen LogP contribution is -2.12. The summed E-state index contributed by atoms with van der Waals surface area (Å²) in [6.07, 6.45) is 3.04. The number of hydrogen-bond donors (Lipinski definition) is 1. The van der Waals surface area contributed by atoms with Gasteiger partial charge in [-0.25, -0.2) is 0 Å². The number of anilines is 1. The molecular weight excluding hydrogens is 393 g/mol. The minimum absolute atomic E-state index is 0.0747. The van der Waals surface area contributed by atoms with Crippen LogP contribution in [0.5, 0.6) is 0 Å². The van der Waals surface area contributed by atoms with Crippen LogP contribution in [0.25, 0.3) is 17.4 Å². The molecule has 144 valence electrons. The highest BCUT2D eigenvalue weighted by atomic mass is 35.5. The highest BCUT2D eigenvalue weighted by Crippen LogP contribution is 2.34. The van der Waals surface area contributed by atoms with Gasteiger partial charge in [0, 0.05) is 17.3 Å². The Labute approximate surface area is 175 Å². The summed E-state index contributed by atoms with van der Waals surface area (Å²) in [6.45, 7) is 6.45. The molecule has 0 aliphatic rings. The molecule has 1 N–H and O–H groups in total. The smallest absolute Gasteiger partial charge is 0.248 e. The molecule has 0 aliphatic carbocycles. The number of halogens is 2. The number of rotatable bonds is 4. The van der Waals surface area contributed by atoms with E-state index in [1.807, 2.05) is 30.3 Å². The number of nitrogens with one attached hydrogen (secondary N) is 1. The van der Waals surface area contributed by atoms with Crippen LogP contribution in [0.15, 0.2) is 65.1 Å². The number of carbonyl (C=O) groups is 1. The van der Waals surface area contributed by atoms with E-state index in [-0.39, 0.29) is 11.3 Å². The molecule has 2 aromatic carbocycles. The predicted molar refractivity (Wildman–Crippen MR) is 117 cm³/mol. The molecule has 0 unspecified atom stereocenters. The van der Waals surface area contributed by atoms with Gasteiger partial charge in [0.25, 0.3) is 0 Å². The zero-order chi connectivity index (χ0) is 20.3. The Morgan fingerprint density at radius 1 is 1.00 bits per heavy atom. The average Bonchev–Trinajstić information content (AvgIpc) is 3.11. The third kappa shape index (κ3) is 4.86. The van der Waals surface area contributed by atoms with Gasteiger partial charge in [-0.15, -0.1) is 0 Å². The Balaban J connectivity index is 1.66. The van der Waals surface area contributed by atoms with Gasteiger partial charge in [-0.2, -0.15) is 0 Å². The standard InChI is InChI=1S/C23H21Cl2NO2/c1-23(2,3)15-7-9-16(10-8-15)26-21(27)14-12-17-11-13-20(28-17)18-5-4-6-19(24)22(18)25/h4-14H,1-3H3,(H,26,27). The molecule has 28 heavy (non-hydrogen) atoms. The average molecular weight is 414 g/mol. The summed E-state index contributed by atoms with van der Waals surface area (Å²) < 4.78 is 5.75. The summed E-state index contributed by atoms with van der Waals surface area (Å²) in [5.41, 5.74) is 2.74. The van der Waals surface area contributed by atoms with Crippen LogP contribution < -0.4 is 5.32 Å². The second-order valence-electron chi connectivity index (χ2n) is 7.45. The zero-order valence-corrected chi connectivity index (χ0v) is 17.4. The van der Waals surface area contributed by atoms with Crippen molar-refractivity contribution in [3.05, 3.63) is 82.0 Å². The lowest BCUT2D eigenvalue weighted by atomic mass is 9.87. The number of furan rings is 1. The van der Waals surface area contributed by atoms with Crippen LogP contribution in [0.1, 0.15) is 32.1 Å². The molecule has 3 rings (SSSR count). The molecule has 3 nitrogen and oxygen atoms in total. The first kappa shape index (κ1) is 20.2. The van der Waals surface area contributed by atoms with Crippen molar-refractivity contribution in [2.45, 2.75) is 26.2 Å². The molecule has 0 saturated heterocycles. The maximum Gasteiger partial charge on any atom is 0.248 e. The van der Waals surface area contributed by atoms with Gasteiger partial charge < -0.3 is 9.73 Å². The number of benzene rings is 2. The van der Waals surface area contributed by atoms with Crippen LogP contribution >= 0.6 is 23.2 Å². The van der Waals surface area contributed by atoms with Crippen LogP contribution in [-0.2, 0) is 10.2 Å². The van der Waals surface area contributed by atoms with E-state index in [9.17, 15) is 4.79 Å². The van der Waals surface area contributed by atoms with E-state index in [0.717, 1.165) is 5.69 Å². The third-order valence-electron chi connectivity index (χ3n) is 4.26. The van der Waals surface area contributed by atoms with Crippen molar-refractivity contribution in [2.24, 2.45) is 0 Å². The fourth-order valence-electron chi connectivity index (χ4n) is 2.68. The molecular formula is C23H21Cl2NO2. The quantitative estimate of drug-likeness (QED) is 0.459. The molecule has 1 amide bonds. The maximum atomic E-state index is 12.2. The van der Waals surface area contributed by atoms with Gasteiger partial charge in [0.1, 0.15) is 11.5 Å². The van der Waals surface area contributed by atoms with Crippen LogP contribution in [0.3, 0.4) is 0 Å². The van der Waals surface area contributed by atoms with Gasteiger partial charge in [0.05, 0.1) is 10.0 Å². The van der Waals surface area contributed by atoms with Crippen molar-refractivity contribution < 1.29 is 9.21 Å². The van der Waals surface area contributed by atoms with E-state index >= 15 is 0 Å². The van der Waals surface area contributed by atoms with Gasteiger partial charge in [0.15, 0.2) is 0 Å². The molecule has 0 atom stereocenters. The zero-order valence-electron chi connectivity index (χ0n) is 15.9. The van der Waals surface area contributed by atoms with Gasteiger partial charge in [-0.3, -0.25) is 4.79 Å². The van der Waals surface area contributed by atoms with Gasteiger partial charge in [0.2, 0.25) is 5.91 Å². The minimum atomic E-state index is -0.234. The Morgan fingerprint density at radius 3 is 2.39 bits per heavy atom. The molecule has 5 heteroatoms. The predicted octanol–water partition coefficient (Wildman–Crippen LogP) is 7.20. The Hall–Kier alpha value is -2.49. The number of carbonyl (C=O) groups excluding carboxylic acids is 1. The topological polar surface area (TPSA) is 42.2 Å². The molecule has 0 spiro atoms. The minimum Gasteiger partial charge on any atom is -0.457 e. The van der Waals surface area contributed by atoms with E-state index in [4.69, 9.17) is 27.6 Å². The first-order valence-electron chi connectivity index (χ1n) is 8.88. The van der Waals surface area contributed by atoms with Gasteiger partial charge in [-0.1, -0.05) is 62.2 Å². The lowest BCUT2D eigenvalue weighted by molar-refractivity contribution is -0.111. The third-order valence-corrected chi connectivity index (χ3v) is 5.08. The molecule has 0 aliphatic heterocycles. The largest absolute Gasteiger partial charge is 0.457 e. The fraction of sp³-hybridized carbons (Fsp3) is 0.174. The summed E-state index contributed by atoms with van der Waals surface area (Å²) in [6, 6.07) is 16.8. The molecule has 0 bridgehead atoms. The van der Waals surface area contributed by atoms with E-state index in [1.165, 1.54) is 11.6 Å².